The number of nitrogens with one attached hydrogen (secondary N) is 1. The molecular weight excluding hydrogens is 345 g/mol. The third kappa shape index (κ3) is 4.02. The number of anilines is 1. The summed E-state index contributed by atoms with van der Waals surface area (Å²) in [6.45, 7) is 6.61. The highest BCUT2D eigenvalue weighted by Crippen LogP contribution is 2.37. The molecule has 1 amide bonds. The van der Waals surface area contributed by atoms with Crippen molar-refractivity contribution in [2.24, 2.45) is 0 Å². The van der Waals surface area contributed by atoms with E-state index in [1.54, 1.807) is 39.1 Å². The SMILES string of the molecule is Cc1ccc2c(NC(=O)C(F)(F)F)c(C(=O)OC(C)(C)C)sc2n1. The highest BCUT2D eigenvalue weighted by atomic mass is 32.1. The van der Waals surface area contributed by atoms with E-state index in [1.165, 1.54) is 6.07 Å². The number of alkyl halides is 3. The fourth-order valence-corrected chi connectivity index (χ4v) is 2.90. The topological polar surface area (TPSA) is 68.3 Å². The quantitative estimate of drug-likeness (QED) is 0.820. The Kier molecular flexibility index (Phi) is 4.58. The van der Waals surface area contributed by atoms with Gasteiger partial charge < -0.3 is 10.1 Å². The van der Waals surface area contributed by atoms with E-state index < -0.39 is 23.7 Å². The molecule has 0 aromatic carbocycles. The molecule has 0 atom stereocenters. The van der Waals surface area contributed by atoms with Crippen LogP contribution >= 0.6 is 11.3 Å². The number of pyridine rings is 1. The molecule has 0 saturated carbocycles. The molecule has 0 spiro atoms. The molecular formula is C15H15F3N2O3S. The molecule has 2 heterocycles. The molecule has 0 aliphatic rings. The maximum Gasteiger partial charge on any atom is 0.471 e. The second-order valence-corrected chi connectivity index (χ2v) is 7.06. The van der Waals surface area contributed by atoms with Gasteiger partial charge in [-0.1, -0.05) is 0 Å². The van der Waals surface area contributed by atoms with E-state index in [0.717, 1.165) is 11.3 Å². The first-order chi connectivity index (χ1) is 10.9. The lowest BCUT2D eigenvalue weighted by molar-refractivity contribution is -0.167. The summed E-state index contributed by atoms with van der Waals surface area (Å²) in [7, 11) is 0. The van der Waals surface area contributed by atoms with Gasteiger partial charge in [-0.3, -0.25) is 4.79 Å². The zero-order chi connectivity index (χ0) is 18.3. The van der Waals surface area contributed by atoms with Crippen molar-refractivity contribution in [1.82, 2.24) is 4.98 Å². The number of ether oxygens (including phenoxy) is 1. The number of thiophene rings is 1. The van der Waals surface area contributed by atoms with Crippen molar-refractivity contribution < 1.29 is 27.5 Å². The number of aryl methyl sites for hydroxylation is 1. The number of fused-ring (bicyclic) bond motifs is 1. The minimum Gasteiger partial charge on any atom is -0.456 e. The molecule has 0 aliphatic heterocycles. The van der Waals surface area contributed by atoms with E-state index in [2.05, 4.69) is 4.98 Å². The fourth-order valence-electron chi connectivity index (χ4n) is 1.85. The summed E-state index contributed by atoms with van der Waals surface area (Å²) in [6, 6.07) is 3.09. The number of hydrogen-bond donors (Lipinski definition) is 1. The number of amides is 1. The second kappa shape index (κ2) is 6.04. The van der Waals surface area contributed by atoms with Gasteiger partial charge in [0.2, 0.25) is 0 Å². The molecule has 0 bridgehead atoms. The minimum absolute atomic E-state index is 0.129. The van der Waals surface area contributed by atoms with Crippen LogP contribution in [0, 0.1) is 6.92 Å². The van der Waals surface area contributed by atoms with Gasteiger partial charge in [0, 0.05) is 11.1 Å². The zero-order valence-electron chi connectivity index (χ0n) is 13.4. The number of hydrogen-bond acceptors (Lipinski definition) is 5. The van der Waals surface area contributed by atoms with Gasteiger partial charge in [-0.15, -0.1) is 11.3 Å². The van der Waals surface area contributed by atoms with Crippen LogP contribution in [-0.2, 0) is 9.53 Å². The molecule has 24 heavy (non-hydrogen) atoms. The lowest BCUT2D eigenvalue weighted by Crippen LogP contribution is -2.31. The summed E-state index contributed by atoms with van der Waals surface area (Å²) in [6.07, 6.45) is -5.07. The number of carbonyl (C=O) groups is 2. The lowest BCUT2D eigenvalue weighted by atomic mass is 10.2. The molecule has 0 saturated heterocycles. The third-order valence-corrected chi connectivity index (χ3v) is 3.85. The van der Waals surface area contributed by atoms with Gasteiger partial charge in [-0.25, -0.2) is 9.78 Å². The molecule has 130 valence electrons. The summed E-state index contributed by atoms with van der Waals surface area (Å²) in [5.41, 5.74) is -0.436. The van der Waals surface area contributed by atoms with Crippen molar-refractivity contribution in [2.75, 3.05) is 5.32 Å². The first-order valence-corrected chi connectivity index (χ1v) is 7.72. The molecule has 0 fully saturated rings. The van der Waals surface area contributed by atoms with Crippen LogP contribution in [0.2, 0.25) is 0 Å². The first-order valence-electron chi connectivity index (χ1n) is 6.90. The molecule has 2 aromatic rings. The maximum atomic E-state index is 12.6. The fraction of sp³-hybridized carbons (Fsp3) is 0.400. The van der Waals surface area contributed by atoms with E-state index in [-0.39, 0.29) is 16.0 Å². The van der Waals surface area contributed by atoms with E-state index in [9.17, 15) is 22.8 Å². The highest BCUT2D eigenvalue weighted by Gasteiger charge is 2.40. The smallest absolute Gasteiger partial charge is 0.456 e. The van der Waals surface area contributed by atoms with Crippen molar-refractivity contribution >= 4 is 39.1 Å². The van der Waals surface area contributed by atoms with Crippen molar-refractivity contribution in [2.45, 2.75) is 39.5 Å². The normalized spacial score (nSPS) is 12.3. The maximum absolute atomic E-state index is 12.6. The Bertz CT molecular complexity index is 807. The summed E-state index contributed by atoms with van der Waals surface area (Å²) >= 11 is 0.872. The van der Waals surface area contributed by atoms with Crippen molar-refractivity contribution in [1.29, 1.82) is 0 Å². The lowest BCUT2D eigenvalue weighted by Gasteiger charge is -2.19. The number of aromatic nitrogens is 1. The number of esters is 1. The number of halogens is 3. The monoisotopic (exact) mass is 360 g/mol. The van der Waals surface area contributed by atoms with Gasteiger partial charge in [0.15, 0.2) is 0 Å². The minimum atomic E-state index is -5.07. The number of nitrogens with zero attached hydrogens (tertiary/aromatic N) is 1. The van der Waals surface area contributed by atoms with Crippen LogP contribution in [0.15, 0.2) is 12.1 Å². The van der Waals surface area contributed by atoms with E-state index >= 15 is 0 Å². The molecule has 0 unspecified atom stereocenters. The molecule has 2 rings (SSSR count). The Balaban J connectivity index is 2.54. The van der Waals surface area contributed by atoms with Gasteiger partial charge in [0.1, 0.15) is 15.3 Å². The third-order valence-electron chi connectivity index (χ3n) is 2.77. The molecule has 0 aliphatic carbocycles. The van der Waals surface area contributed by atoms with Crippen LogP contribution in [0.5, 0.6) is 0 Å². The predicted molar refractivity (Wildman–Crippen MR) is 84.2 cm³/mol. The van der Waals surface area contributed by atoms with E-state index in [1.807, 2.05) is 0 Å². The molecule has 2 aromatic heterocycles. The Morgan fingerprint density at radius 1 is 1.21 bits per heavy atom. The van der Waals surface area contributed by atoms with E-state index in [4.69, 9.17) is 4.74 Å². The van der Waals surface area contributed by atoms with Crippen LogP contribution in [0.3, 0.4) is 0 Å². The Morgan fingerprint density at radius 3 is 2.38 bits per heavy atom. The van der Waals surface area contributed by atoms with Crippen LogP contribution in [0.25, 0.3) is 10.2 Å². The van der Waals surface area contributed by atoms with Crippen LogP contribution in [0.4, 0.5) is 18.9 Å². The van der Waals surface area contributed by atoms with Crippen LogP contribution in [0.1, 0.15) is 36.1 Å². The van der Waals surface area contributed by atoms with E-state index in [0.29, 0.717) is 10.5 Å². The average molecular weight is 360 g/mol. The second-order valence-electron chi connectivity index (χ2n) is 6.07. The molecule has 1 N–H and O–H groups in total. The first kappa shape index (κ1) is 18.2. The number of carbonyl (C=O) groups excluding carboxylic acids is 2. The van der Waals surface area contributed by atoms with Gasteiger partial charge in [-0.05, 0) is 39.8 Å². The Hall–Kier alpha value is -2.16. The van der Waals surface area contributed by atoms with Gasteiger partial charge in [0.05, 0.1) is 5.69 Å². The highest BCUT2D eigenvalue weighted by molar-refractivity contribution is 7.21. The van der Waals surface area contributed by atoms with Crippen LogP contribution < -0.4 is 5.32 Å². The van der Waals surface area contributed by atoms with Crippen molar-refractivity contribution in [3.63, 3.8) is 0 Å². The summed E-state index contributed by atoms with van der Waals surface area (Å²) in [4.78, 5) is 28.0. The summed E-state index contributed by atoms with van der Waals surface area (Å²) in [5, 5.41) is 2.02. The predicted octanol–water partition coefficient (Wildman–Crippen LogP) is 4.06. The van der Waals surface area contributed by atoms with Crippen LogP contribution in [-0.4, -0.2) is 28.6 Å². The number of rotatable bonds is 2. The van der Waals surface area contributed by atoms with Crippen molar-refractivity contribution in [3.05, 3.63) is 22.7 Å². The largest absolute Gasteiger partial charge is 0.471 e. The van der Waals surface area contributed by atoms with Gasteiger partial charge >= 0.3 is 18.1 Å². The average Bonchev–Trinajstić information content (AvgIpc) is 2.73. The van der Waals surface area contributed by atoms with Gasteiger partial charge in [-0.2, -0.15) is 13.2 Å². The Labute approximate surface area is 139 Å². The molecule has 5 nitrogen and oxygen atoms in total. The standard InChI is InChI=1S/C15H15F3N2O3S/c1-7-5-6-8-9(20-13(22)15(16,17)18)10(24-11(8)19-7)12(21)23-14(2,3)4/h5-6H,1-4H3,(H,20,22). The molecule has 0 radical (unpaired) electrons. The summed E-state index contributed by atoms with van der Waals surface area (Å²) < 4.78 is 42.9. The molecule has 9 heteroatoms. The van der Waals surface area contributed by atoms with Crippen molar-refractivity contribution in [3.8, 4) is 0 Å². The van der Waals surface area contributed by atoms with Gasteiger partial charge in [0.25, 0.3) is 0 Å². The summed E-state index contributed by atoms with van der Waals surface area (Å²) in [5.74, 6) is -2.98. The Morgan fingerprint density at radius 2 is 1.83 bits per heavy atom. The zero-order valence-corrected chi connectivity index (χ0v) is 14.2.